The maximum atomic E-state index is 13.2. The number of nitrogens with zero attached hydrogens (tertiary/aromatic N) is 1. The topological polar surface area (TPSA) is 80.3 Å². The van der Waals surface area contributed by atoms with Gasteiger partial charge in [-0.05, 0) is 30.7 Å². The summed E-state index contributed by atoms with van der Waals surface area (Å²) in [6.45, 7) is 1.65. The highest BCUT2D eigenvalue weighted by Gasteiger charge is 2.18. The fourth-order valence-electron chi connectivity index (χ4n) is 2.17. The average Bonchev–Trinajstić information content (AvgIpc) is 3.02. The maximum absolute atomic E-state index is 13.2. The van der Waals surface area contributed by atoms with Gasteiger partial charge in [-0.25, -0.2) is 14.2 Å². The van der Waals surface area contributed by atoms with Crippen LogP contribution in [0.5, 0.6) is 0 Å². The Morgan fingerprint density at radius 1 is 1.23 bits per heavy atom. The molecule has 0 aliphatic carbocycles. The summed E-state index contributed by atoms with van der Waals surface area (Å²) in [5.74, 6) is -0.809. The molecule has 2 N–H and O–H groups in total. The molecule has 8 heteroatoms. The van der Waals surface area contributed by atoms with Gasteiger partial charge in [0.2, 0.25) is 5.91 Å². The lowest BCUT2D eigenvalue weighted by Gasteiger charge is -2.13. The lowest BCUT2D eigenvalue weighted by Crippen LogP contribution is -2.41. The molecule has 134 valence electrons. The number of fused-ring (bicyclic) bond motifs is 1. The van der Waals surface area contributed by atoms with Crippen LogP contribution < -0.4 is 10.6 Å². The van der Waals surface area contributed by atoms with E-state index < -0.39 is 18.0 Å². The zero-order chi connectivity index (χ0) is 18.5. The highest BCUT2D eigenvalue weighted by molar-refractivity contribution is 7.22. The summed E-state index contributed by atoms with van der Waals surface area (Å²) >= 11 is 1.16. The predicted molar refractivity (Wildman–Crippen MR) is 97.4 cm³/mol. The first-order valence-electron chi connectivity index (χ1n) is 7.85. The minimum absolute atomic E-state index is 0.116. The molecular formula is C18H16FN3O3S. The van der Waals surface area contributed by atoms with Crippen molar-refractivity contribution in [1.29, 1.82) is 0 Å². The third kappa shape index (κ3) is 4.54. The van der Waals surface area contributed by atoms with Crippen molar-refractivity contribution in [2.45, 2.75) is 19.6 Å². The summed E-state index contributed by atoms with van der Waals surface area (Å²) in [6, 6.07) is 12.6. The lowest BCUT2D eigenvalue weighted by molar-refractivity contribution is -0.117. The Morgan fingerprint density at radius 3 is 2.77 bits per heavy atom. The fraction of sp³-hybridized carbons (Fsp3) is 0.167. The standard InChI is InChI=1S/C18H16FN3O3S/c1-11(20-18(24)25-10-12-5-3-2-4-6-12)16(23)22-17-21-14-8-7-13(19)9-15(14)26-17/h2-9,11H,10H2,1H3,(H,20,24)(H,21,22,23)/t11-/m1/s1. The Hall–Kier alpha value is -3.00. The van der Waals surface area contributed by atoms with Gasteiger partial charge in [0.15, 0.2) is 5.13 Å². The minimum atomic E-state index is -0.818. The predicted octanol–water partition coefficient (Wildman–Crippen LogP) is 3.69. The molecule has 0 aliphatic rings. The van der Waals surface area contributed by atoms with E-state index in [1.165, 1.54) is 19.1 Å². The van der Waals surface area contributed by atoms with Crippen LogP contribution in [0.4, 0.5) is 14.3 Å². The molecule has 2 amide bonds. The second-order valence-corrected chi connectivity index (χ2v) is 6.58. The molecule has 0 radical (unpaired) electrons. The van der Waals surface area contributed by atoms with Gasteiger partial charge < -0.3 is 15.4 Å². The first-order valence-corrected chi connectivity index (χ1v) is 8.67. The van der Waals surface area contributed by atoms with Crippen LogP contribution in [0, 0.1) is 5.82 Å². The van der Waals surface area contributed by atoms with E-state index in [1.54, 1.807) is 6.07 Å². The SMILES string of the molecule is C[C@@H](NC(=O)OCc1ccccc1)C(=O)Nc1nc2ccc(F)cc2s1. The number of hydrogen-bond acceptors (Lipinski definition) is 5. The van der Waals surface area contributed by atoms with Crippen molar-refractivity contribution < 1.29 is 18.7 Å². The first kappa shape index (κ1) is 17.8. The molecule has 1 atom stereocenters. The zero-order valence-electron chi connectivity index (χ0n) is 13.9. The number of hydrogen-bond donors (Lipinski definition) is 2. The molecular weight excluding hydrogens is 357 g/mol. The number of aromatic nitrogens is 1. The van der Waals surface area contributed by atoms with E-state index in [0.29, 0.717) is 15.3 Å². The average molecular weight is 373 g/mol. The van der Waals surface area contributed by atoms with E-state index in [2.05, 4.69) is 15.6 Å². The van der Waals surface area contributed by atoms with E-state index in [0.717, 1.165) is 16.9 Å². The Bertz CT molecular complexity index is 930. The molecule has 3 rings (SSSR count). The van der Waals surface area contributed by atoms with E-state index >= 15 is 0 Å². The van der Waals surface area contributed by atoms with Crippen molar-refractivity contribution >= 4 is 38.7 Å². The van der Waals surface area contributed by atoms with Gasteiger partial charge in [-0.3, -0.25) is 4.79 Å². The van der Waals surface area contributed by atoms with Crippen molar-refractivity contribution in [3.8, 4) is 0 Å². The second-order valence-electron chi connectivity index (χ2n) is 5.55. The summed E-state index contributed by atoms with van der Waals surface area (Å²) in [5, 5.41) is 5.40. The van der Waals surface area contributed by atoms with E-state index in [4.69, 9.17) is 4.74 Å². The summed E-state index contributed by atoms with van der Waals surface area (Å²) < 4.78 is 18.9. The number of carbonyl (C=O) groups is 2. The highest BCUT2D eigenvalue weighted by Crippen LogP contribution is 2.26. The van der Waals surface area contributed by atoms with Gasteiger partial charge in [-0.15, -0.1) is 0 Å². The minimum Gasteiger partial charge on any atom is -0.445 e. The third-order valence-corrected chi connectivity index (χ3v) is 4.45. The number of benzene rings is 2. The van der Waals surface area contributed by atoms with Crippen LogP contribution in [-0.4, -0.2) is 23.0 Å². The van der Waals surface area contributed by atoms with E-state index in [1.807, 2.05) is 30.3 Å². The maximum Gasteiger partial charge on any atom is 0.408 e. The van der Waals surface area contributed by atoms with Crippen molar-refractivity contribution in [3.05, 3.63) is 59.9 Å². The lowest BCUT2D eigenvalue weighted by atomic mass is 10.2. The van der Waals surface area contributed by atoms with Crippen molar-refractivity contribution in [3.63, 3.8) is 0 Å². The number of alkyl carbamates (subject to hydrolysis) is 1. The highest BCUT2D eigenvalue weighted by atomic mass is 32.1. The number of thiazole rings is 1. The molecule has 0 aliphatic heterocycles. The molecule has 26 heavy (non-hydrogen) atoms. The van der Waals surface area contributed by atoms with Gasteiger partial charge >= 0.3 is 6.09 Å². The van der Waals surface area contributed by atoms with E-state index in [-0.39, 0.29) is 12.4 Å². The van der Waals surface area contributed by atoms with Gasteiger partial charge in [0, 0.05) is 0 Å². The molecule has 0 spiro atoms. The summed E-state index contributed by atoms with van der Waals surface area (Å²) in [6.07, 6.45) is -0.692. The van der Waals surface area contributed by atoms with Crippen molar-refractivity contribution in [2.75, 3.05) is 5.32 Å². The Labute approximate surface area is 153 Å². The van der Waals surface area contributed by atoms with Gasteiger partial charge in [0.25, 0.3) is 0 Å². The molecule has 1 aromatic heterocycles. The summed E-state index contributed by atoms with van der Waals surface area (Å²) in [7, 11) is 0. The van der Waals surface area contributed by atoms with Crippen LogP contribution >= 0.6 is 11.3 Å². The molecule has 0 bridgehead atoms. The molecule has 1 heterocycles. The smallest absolute Gasteiger partial charge is 0.408 e. The summed E-state index contributed by atoms with van der Waals surface area (Å²) in [4.78, 5) is 28.2. The molecule has 0 saturated heterocycles. The molecule has 2 aromatic carbocycles. The first-order chi connectivity index (χ1) is 12.5. The van der Waals surface area contributed by atoms with Crippen LogP contribution in [0.1, 0.15) is 12.5 Å². The van der Waals surface area contributed by atoms with Gasteiger partial charge in [-0.2, -0.15) is 0 Å². The fourth-order valence-corrected chi connectivity index (χ4v) is 3.07. The monoisotopic (exact) mass is 373 g/mol. The van der Waals surface area contributed by atoms with Crippen LogP contribution in [-0.2, 0) is 16.1 Å². The molecule has 0 unspecified atom stereocenters. The quantitative estimate of drug-likeness (QED) is 0.715. The second kappa shape index (κ2) is 7.92. The number of amides is 2. The number of ether oxygens (including phenoxy) is 1. The molecule has 0 saturated carbocycles. The van der Waals surface area contributed by atoms with Crippen LogP contribution in [0.3, 0.4) is 0 Å². The number of carbonyl (C=O) groups excluding carboxylic acids is 2. The molecule has 3 aromatic rings. The van der Waals surface area contributed by atoms with Crippen molar-refractivity contribution in [2.24, 2.45) is 0 Å². The van der Waals surface area contributed by atoms with Gasteiger partial charge in [0.1, 0.15) is 18.5 Å². The summed E-state index contributed by atoms with van der Waals surface area (Å²) in [5.41, 5.74) is 1.44. The molecule has 6 nitrogen and oxygen atoms in total. The Balaban J connectivity index is 1.52. The number of halogens is 1. The van der Waals surface area contributed by atoms with Gasteiger partial charge in [-0.1, -0.05) is 41.7 Å². The number of nitrogens with one attached hydrogen (secondary N) is 2. The largest absolute Gasteiger partial charge is 0.445 e. The van der Waals surface area contributed by atoms with Gasteiger partial charge in [0.05, 0.1) is 10.2 Å². The normalized spacial score (nSPS) is 11.8. The van der Waals surface area contributed by atoms with Crippen LogP contribution in [0.15, 0.2) is 48.5 Å². The molecule has 0 fully saturated rings. The van der Waals surface area contributed by atoms with Crippen molar-refractivity contribution in [1.82, 2.24) is 10.3 Å². The van der Waals surface area contributed by atoms with Crippen LogP contribution in [0.2, 0.25) is 0 Å². The number of anilines is 1. The van der Waals surface area contributed by atoms with E-state index in [9.17, 15) is 14.0 Å². The third-order valence-electron chi connectivity index (χ3n) is 3.52. The van der Waals surface area contributed by atoms with Crippen LogP contribution in [0.25, 0.3) is 10.2 Å². The Kier molecular flexibility index (Phi) is 5.43. The Morgan fingerprint density at radius 2 is 2.00 bits per heavy atom. The zero-order valence-corrected chi connectivity index (χ0v) is 14.7. The number of rotatable bonds is 5.